The third kappa shape index (κ3) is 5.08. The molecule has 0 radical (unpaired) electrons. The molecule has 5 rings (SSSR count). The lowest BCUT2D eigenvalue weighted by Gasteiger charge is -2.41. The number of carbonyl (C=O) groups excluding carboxylic acids is 3. The Kier molecular flexibility index (Phi) is 6.96. The molecule has 5 heteroatoms. The molecule has 3 aromatic carbocycles. The van der Waals surface area contributed by atoms with Gasteiger partial charge in [-0.15, -0.1) is 0 Å². The topological polar surface area (TPSA) is 63.7 Å². The summed E-state index contributed by atoms with van der Waals surface area (Å²) in [6.07, 6.45) is 3.86. The summed E-state index contributed by atoms with van der Waals surface area (Å²) in [5.74, 6) is -0.815. The predicted octanol–water partition coefficient (Wildman–Crippen LogP) is 6.64. The number of unbranched alkanes of at least 4 members (excludes halogenated alkanes) is 2. The number of cyclic esters (lactones) is 1. The van der Waals surface area contributed by atoms with E-state index >= 15 is 0 Å². The van der Waals surface area contributed by atoms with E-state index < -0.39 is 0 Å². The third-order valence-corrected chi connectivity index (χ3v) is 7.79. The summed E-state index contributed by atoms with van der Waals surface area (Å²) in [5.41, 5.74) is 4.13. The molecule has 0 spiro atoms. The van der Waals surface area contributed by atoms with Crippen molar-refractivity contribution in [1.29, 1.82) is 0 Å². The highest BCUT2D eigenvalue weighted by Crippen LogP contribution is 2.43. The van der Waals surface area contributed by atoms with Gasteiger partial charge in [0.1, 0.15) is 6.10 Å². The highest BCUT2D eigenvalue weighted by Gasteiger charge is 2.43. The summed E-state index contributed by atoms with van der Waals surface area (Å²) in [5, 5.41) is 0. The van der Waals surface area contributed by atoms with Gasteiger partial charge in [0, 0.05) is 12.0 Å². The van der Waals surface area contributed by atoms with E-state index in [0.717, 1.165) is 48.8 Å². The smallest absolute Gasteiger partial charge is 0.313 e. The summed E-state index contributed by atoms with van der Waals surface area (Å²) in [4.78, 5) is 39.4. The van der Waals surface area contributed by atoms with E-state index in [2.05, 4.69) is 38.1 Å². The second-order valence-electron chi connectivity index (χ2n) is 10.8. The number of amides is 2. The molecule has 2 amide bonds. The van der Waals surface area contributed by atoms with Crippen LogP contribution in [0.4, 0.5) is 0 Å². The number of carbonyl (C=O) groups is 3. The van der Waals surface area contributed by atoms with Gasteiger partial charge in [-0.2, -0.15) is 0 Å². The van der Waals surface area contributed by atoms with Crippen LogP contribution >= 0.6 is 0 Å². The minimum absolute atomic E-state index is 0.140. The van der Waals surface area contributed by atoms with Crippen molar-refractivity contribution >= 4 is 17.8 Å². The van der Waals surface area contributed by atoms with E-state index in [0.29, 0.717) is 17.7 Å². The molecule has 2 atom stereocenters. The van der Waals surface area contributed by atoms with Crippen LogP contribution in [0, 0.1) is 5.41 Å². The van der Waals surface area contributed by atoms with Gasteiger partial charge in [0.05, 0.1) is 17.0 Å². The molecule has 1 fully saturated rings. The number of hydrogen-bond donors (Lipinski definition) is 0. The lowest BCUT2D eigenvalue weighted by atomic mass is 9.72. The lowest BCUT2D eigenvalue weighted by Crippen LogP contribution is -2.42. The first-order chi connectivity index (χ1) is 17.8. The van der Waals surface area contributed by atoms with Crippen LogP contribution in [0.2, 0.25) is 0 Å². The Labute approximate surface area is 218 Å². The molecule has 2 aliphatic rings. The highest BCUT2D eigenvalue weighted by atomic mass is 16.5. The monoisotopic (exact) mass is 495 g/mol. The maximum Gasteiger partial charge on any atom is 0.313 e. The standard InChI is InChI=1S/C32H33NO4/c1-32(2)21-27(24-18-16-23(17-19-24)22-11-5-3-6-12-22)31(36)37-28(32)15-7-4-10-20-33-29(34)25-13-8-9-14-26(25)30(33)35/h3,5-6,8-9,11-14,16-19,27-28H,4,7,10,15,20-21H2,1-2H3. The van der Waals surface area contributed by atoms with Gasteiger partial charge in [-0.25, -0.2) is 0 Å². The zero-order chi connectivity index (χ0) is 26.0. The first-order valence-corrected chi connectivity index (χ1v) is 13.2. The SMILES string of the molecule is CC1(C)CC(c2ccc(-c3ccccc3)cc2)C(=O)OC1CCCCCN1C(=O)c2ccccc2C1=O. The highest BCUT2D eigenvalue weighted by molar-refractivity contribution is 6.21. The maximum atomic E-state index is 13.0. The first-order valence-electron chi connectivity index (χ1n) is 13.2. The molecule has 37 heavy (non-hydrogen) atoms. The van der Waals surface area contributed by atoms with Gasteiger partial charge in [-0.05, 0) is 54.5 Å². The average molecular weight is 496 g/mol. The Morgan fingerprint density at radius 3 is 2.00 bits per heavy atom. The molecule has 0 aromatic heterocycles. The van der Waals surface area contributed by atoms with Crippen LogP contribution in [0.1, 0.15) is 78.1 Å². The van der Waals surface area contributed by atoms with E-state index in [-0.39, 0.29) is 35.2 Å². The predicted molar refractivity (Wildman–Crippen MR) is 143 cm³/mol. The number of imide groups is 1. The Morgan fingerprint density at radius 2 is 1.35 bits per heavy atom. The normalized spacial score (nSPS) is 20.6. The van der Waals surface area contributed by atoms with Gasteiger partial charge >= 0.3 is 5.97 Å². The summed E-state index contributed by atoms with van der Waals surface area (Å²) in [6.45, 7) is 4.77. The number of hydrogen-bond acceptors (Lipinski definition) is 4. The summed E-state index contributed by atoms with van der Waals surface area (Å²) in [6, 6.07) is 25.4. The van der Waals surface area contributed by atoms with Crippen LogP contribution < -0.4 is 0 Å². The Bertz CT molecular complexity index is 1260. The number of benzene rings is 3. The van der Waals surface area contributed by atoms with Crippen LogP contribution in [0.3, 0.4) is 0 Å². The quantitative estimate of drug-likeness (QED) is 0.200. The zero-order valence-electron chi connectivity index (χ0n) is 21.5. The number of esters is 1. The fraction of sp³-hybridized carbons (Fsp3) is 0.344. The van der Waals surface area contributed by atoms with Gasteiger partial charge in [-0.3, -0.25) is 19.3 Å². The molecule has 1 saturated heterocycles. The molecule has 0 N–H and O–H groups in total. The third-order valence-electron chi connectivity index (χ3n) is 7.79. The van der Waals surface area contributed by atoms with Gasteiger partial charge < -0.3 is 4.74 Å². The molecule has 3 aromatic rings. The minimum atomic E-state index is -0.259. The molecular formula is C32H33NO4. The van der Waals surface area contributed by atoms with Crippen LogP contribution in [-0.2, 0) is 9.53 Å². The van der Waals surface area contributed by atoms with Gasteiger partial charge in [0.2, 0.25) is 0 Å². The van der Waals surface area contributed by atoms with Crippen molar-refractivity contribution in [3.63, 3.8) is 0 Å². The number of ether oxygens (including phenoxy) is 1. The van der Waals surface area contributed by atoms with Crippen molar-refractivity contribution in [1.82, 2.24) is 4.90 Å². The largest absolute Gasteiger partial charge is 0.461 e. The van der Waals surface area contributed by atoms with E-state index in [1.807, 2.05) is 30.3 Å². The van der Waals surface area contributed by atoms with E-state index in [4.69, 9.17) is 4.74 Å². The maximum absolute atomic E-state index is 13.0. The summed E-state index contributed by atoms with van der Waals surface area (Å²) >= 11 is 0. The van der Waals surface area contributed by atoms with Crippen molar-refractivity contribution in [2.24, 2.45) is 5.41 Å². The first kappa shape index (κ1) is 24.9. The number of rotatable bonds is 8. The van der Waals surface area contributed by atoms with Crippen LogP contribution in [0.15, 0.2) is 78.9 Å². The van der Waals surface area contributed by atoms with E-state index in [9.17, 15) is 14.4 Å². The molecule has 0 saturated carbocycles. The molecule has 2 aliphatic heterocycles. The van der Waals surface area contributed by atoms with Crippen LogP contribution in [0.5, 0.6) is 0 Å². The fourth-order valence-corrected chi connectivity index (χ4v) is 5.58. The number of fused-ring (bicyclic) bond motifs is 1. The average Bonchev–Trinajstić information content (AvgIpc) is 3.15. The van der Waals surface area contributed by atoms with Crippen molar-refractivity contribution in [3.8, 4) is 11.1 Å². The molecule has 0 bridgehead atoms. The fourth-order valence-electron chi connectivity index (χ4n) is 5.58. The van der Waals surface area contributed by atoms with Crippen molar-refractivity contribution in [2.75, 3.05) is 6.54 Å². The number of nitrogens with zero attached hydrogens (tertiary/aromatic N) is 1. The second kappa shape index (κ2) is 10.3. The van der Waals surface area contributed by atoms with Gasteiger partial charge in [0.15, 0.2) is 0 Å². The van der Waals surface area contributed by atoms with E-state index in [1.165, 1.54) is 4.90 Å². The Hall–Kier alpha value is -3.73. The molecule has 2 heterocycles. The summed E-state index contributed by atoms with van der Waals surface area (Å²) < 4.78 is 5.98. The zero-order valence-corrected chi connectivity index (χ0v) is 21.5. The summed E-state index contributed by atoms with van der Waals surface area (Å²) in [7, 11) is 0. The van der Waals surface area contributed by atoms with Crippen molar-refractivity contribution < 1.29 is 19.1 Å². The Morgan fingerprint density at radius 1 is 0.757 bits per heavy atom. The minimum Gasteiger partial charge on any atom is -0.461 e. The van der Waals surface area contributed by atoms with Crippen LogP contribution in [0.25, 0.3) is 11.1 Å². The van der Waals surface area contributed by atoms with Crippen molar-refractivity contribution in [2.45, 2.75) is 58.0 Å². The lowest BCUT2D eigenvalue weighted by molar-refractivity contribution is -0.168. The molecule has 0 aliphatic carbocycles. The second-order valence-corrected chi connectivity index (χ2v) is 10.8. The van der Waals surface area contributed by atoms with Crippen molar-refractivity contribution in [3.05, 3.63) is 95.6 Å². The van der Waals surface area contributed by atoms with Gasteiger partial charge in [0.25, 0.3) is 11.8 Å². The molecule has 2 unspecified atom stereocenters. The molecule has 5 nitrogen and oxygen atoms in total. The Balaban J connectivity index is 1.12. The van der Waals surface area contributed by atoms with Gasteiger partial charge in [-0.1, -0.05) is 87.0 Å². The molecule has 190 valence electrons. The van der Waals surface area contributed by atoms with Crippen LogP contribution in [-0.4, -0.2) is 35.3 Å². The van der Waals surface area contributed by atoms with E-state index in [1.54, 1.807) is 24.3 Å². The molecular weight excluding hydrogens is 462 g/mol.